The lowest BCUT2D eigenvalue weighted by Gasteiger charge is -2.16. The van der Waals surface area contributed by atoms with Gasteiger partial charge < -0.3 is 5.32 Å². The first-order valence-corrected chi connectivity index (χ1v) is 7.17. The summed E-state index contributed by atoms with van der Waals surface area (Å²) in [5.41, 5.74) is 1.52. The van der Waals surface area contributed by atoms with Crippen LogP contribution in [-0.4, -0.2) is 6.26 Å². The summed E-state index contributed by atoms with van der Waals surface area (Å²) < 4.78 is 26.3. The van der Waals surface area contributed by atoms with E-state index in [4.69, 9.17) is 0 Å². The molecule has 0 saturated carbocycles. The third-order valence-electron chi connectivity index (χ3n) is 2.84. The van der Waals surface area contributed by atoms with E-state index in [1.807, 2.05) is 37.4 Å². The molecule has 0 spiro atoms. The van der Waals surface area contributed by atoms with Gasteiger partial charge >= 0.3 is 0 Å². The lowest BCUT2D eigenvalue weighted by Crippen LogP contribution is -2.07. The average molecular weight is 279 g/mol. The minimum atomic E-state index is -0.554. The van der Waals surface area contributed by atoms with Crippen molar-refractivity contribution in [2.24, 2.45) is 0 Å². The van der Waals surface area contributed by atoms with Crippen LogP contribution in [-0.2, 0) is 0 Å². The van der Waals surface area contributed by atoms with Gasteiger partial charge in [0.1, 0.15) is 11.6 Å². The predicted molar refractivity (Wildman–Crippen MR) is 76.6 cm³/mol. The first kappa shape index (κ1) is 13.9. The second kappa shape index (κ2) is 6.06. The highest BCUT2D eigenvalue weighted by Gasteiger charge is 2.08. The number of halogens is 2. The number of thioether (sulfide) groups is 1. The second-order valence-electron chi connectivity index (χ2n) is 4.30. The van der Waals surface area contributed by atoms with E-state index in [2.05, 4.69) is 5.32 Å². The third kappa shape index (κ3) is 3.70. The van der Waals surface area contributed by atoms with Crippen LogP contribution in [0, 0.1) is 11.6 Å². The number of nitrogens with one attached hydrogen (secondary N) is 1. The Hall–Kier alpha value is -1.55. The van der Waals surface area contributed by atoms with Crippen molar-refractivity contribution in [1.29, 1.82) is 0 Å². The van der Waals surface area contributed by atoms with E-state index in [0.717, 1.165) is 16.6 Å². The molecule has 2 aromatic carbocycles. The van der Waals surface area contributed by atoms with E-state index in [-0.39, 0.29) is 6.04 Å². The summed E-state index contributed by atoms with van der Waals surface area (Å²) in [6, 6.07) is 11.3. The molecule has 0 bridgehead atoms. The molecule has 19 heavy (non-hydrogen) atoms. The van der Waals surface area contributed by atoms with E-state index in [9.17, 15) is 8.78 Å². The zero-order valence-corrected chi connectivity index (χ0v) is 11.6. The molecule has 0 aliphatic rings. The van der Waals surface area contributed by atoms with Crippen molar-refractivity contribution in [2.45, 2.75) is 17.9 Å². The van der Waals surface area contributed by atoms with Crippen molar-refractivity contribution in [3.63, 3.8) is 0 Å². The molecule has 1 unspecified atom stereocenters. The highest BCUT2D eigenvalue weighted by molar-refractivity contribution is 7.98. The summed E-state index contributed by atoms with van der Waals surface area (Å²) in [6.45, 7) is 1.87. The Labute approximate surface area is 116 Å². The fourth-order valence-corrected chi connectivity index (χ4v) is 2.33. The van der Waals surface area contributed by atoms with E-state index in [1.165, 1.54) is 12.1 Å². The van der Waals surface area contributed by atoms with Crippen LogP contribution in [0.2, 0.25) is 0 Å². The molecule has 0 heterocycles. The SMILES string of the molecule is CSc1cccc(NC(C)c2cc(F)cc(F)c2)c1. The third-order valence-corrected chi connectivity index (χ3v) is 3.56. The van der Waals surface area contributed by atoms with Crippen molar-refractivity contribution in [2.75, 3.05) is 11.6 Å². The summed E-state index contributed by atoms with van der Waals surface area (Å²) in [7, 11) is 0. The van der Waals surface area contributed by atoms with Gasteiger partial charge in [0.2, 0.25) is 0 Å². The molecule has 100 valence electrons. The van der Waals surface area contributed by atoms with Gasteiger partial charge in [-0.15, -0.1) is 11.8 Å². The van der Waals surface area contributed by atoms with Gasteiger partial charge in [-0.3, -0.25) is 0 Å². The molecule has 2 rings (SSSR count). The van der Waals surface area contributed by atoms with Gasteiger partial charge in [0.05, 0.1) is 0 Å². The van der Waals surface area contributed by atoms with Gasteiger partial charge in [0.15, 0.2) is 0 Å². The quantitative estimate of drug-likeness (QED) is 0.802. The maximum Gasteiger partial charge on any atom is 0.126 e. The van der Waals surface area contributed by atoms with Gasteiger partial charge in [-0.1, -0.05) is 6.07 Å². The van der Waals surface area contributed by atoms with Gasteiger partial charge in [-0.25, -0.2) is 8.78 Å². The highest BCUT2D eigenvalue weighted by atomic mass is 32.2. The van der Waals surface area contributed by atoms with Crippen molar-refractivity contribution in [3.8, 4) is 0 Å². The van der Waals surface area contributed by atoms with Crippen LogP contribution >= 0.6 is 11.8 Å². The Bertz CT molecular complexity index is 552. The van der Waals surface area contributed by atoms with Crippen LogP contribution in [0.1, 0.15) is 18.5 Å². The molecule has 1 atom stereocenters. The molecule has 0 aromatic heterocycles. The number of benzene rings is 2. The fourth-order valence-electron chi connectivity index (χ4n) is 1.87. The highest BCUT2D eigenvalue weighted by Crippen LogP contribution is 2.24. The molecule has 0 radical (unpaired) electrons. The first-order valence-electron chi connectivity index (χ1n) is 5.95. The van der Waals surface area contributed by atoms with Crippen LogP contribution in [0.15, 0.2) is 47.4 Å². The molecule has 0 saturated heterocycles. The van der Waals surface area contributed by atoms with Gasteiger partial charge in [0, 0.05) is 22.7 Å². The van der Waals surface area contributed by atoms with Crippen LogP contribution in [0.5, 0.6) is 0 Å². The Balaban J connectivity index is 2.17. The Kier molecular flexibility index (Phi) is 4.43. The van der Waals surface area contributed by atoms with Crippen molar-refractivity contribution in [1.82, 2.24) is 0 Å². The van der Waals surface area contributed by atoms with Crippen LogP contribution in [0.25, 0.3) is 0 Å². The Morgan fingerprint density at radius 1 is 1.05 bits per heavy atom. The summed E-state index contributed by atoms with van der Waals surface area (Å²) in [5.74, 6) is -1.11. The first-order chi connectivity index (χ1) is 9.08. The van der Waals surface area contributed by atoms with Crippen molar-refractivity contribution >= 4 is 17.4 Å². The molecule has 0 aliphatic carbocycles. The van der Waals surface area contributed by atoms with E-state index >= 15 is 0 Å². The van der Waals surface area contributed by atoms with Gasteiger partial charge in [0.25, 0.3) is 0 Å². The number of hydrogen-bond acceptors (Lipinski definition) is 2. The maximum absolute atomic E-state index is 13.2. The number of hydrogen-bond donors (Lipinski definition) is 1. The van der Waals surface area contributed by atoms with E-state index in [0.29, 0.717) is 5.56 Å². The molecule has 0 fully saturated rings. The molecule has 0 aliphatic heterocycles. The van der Waals surface area contributed by atoms with Crippen LogP contribution in [0.4, 0.5) is 14.5 Å². The lowest BCUT2D eigenvalue weighted by atomic mass is 10.1. The summed E-state index contributed by atoms with van der Waals surface area (Å²) in [4.78, 5) is 1.14. The molecule has 2 aromatic rings. The standard InChI is InChI=1S/C15H15F2NS/c1-10(11-6-12(16)8-13(17)7-11)18-14-4-3-5-15(9-14)19-2/h3-10,18H,1-2H3. The van der Waals surface area contributed by atoms with Gasteiger partial charge in [-0.05, 0) is 49.1 Å². The topological polar surface area (TPSA) is 12.0 Å². The summed E-state index contributed by atoms with van der Waals surface area (Å²) >= 11 is 1.65. The van der Waals surface area contributed by atoms with Crippen LogP contribution < -0.4 is 5.32 Å². The van der Waals surface area contributed by atoms with E-state index < -0.39 is 11.6 Å². The molecular weight excluding hydrogens is 264 g/mol. The molecule has 4 heteroatoms. The average Bonchev–Trinajstić information content (AvgIpc) is 2.37. The molecule has 0 amide bonds. The Morgan fingerprint density at radius 2 is 1.74 bits per heavy atom. The Morgan fingerprint density at radius 3 is 2.37 bits per heavy atom. The van der Waals surface area contributed by atoms with Crippen molar-refractivity contribution < 1.29 is 8.78 Å². The largest absolute Gasteiger partial charge is 0.378 e. The second-order valence-corrected chi connectivity index (χ2v) is 5.18. The zero-order valence-electron chi connectivity index (χ0n) is 10.8. The monoisotopic (exact) mass is 279 g/mol. The number of rotatable bonds is 4. The predicted octanol–water partition coefficient (Wildman–Crippen LogP) is 4.86. The van der Waals surface area contributed by atoms with Gasteiger partial charge in [-0.2, -0.15) is 0 Å². The lowest BCUT2D eigenvalue weighted by molar-refractivity contribution is 0.577. The molecule has 1 nitrogen and oxygen atoms in total. The maximum atomic E-state index is 13.2. The van der Waals surface area contributed by atoms with E-state index in [1.54, 1.807) is 11.8 Å². The zero-order chi connectivity index (χ0) is 13.8. The molecular formula is C15H15F2NS. The fraction of sp³-hybridized carbons (Fsp3) is 0.200. The summed E-state index contributed by atoms with van der Waals surface area (Å²) in [6.07, 6.45) is 2.00. The molecule has 1 N–H and O–H groups in total. The van der Waals surface area contributed by atoms with Crippen molar-refractivity contribution in [3.05, 3.63) is 59.7 Å². The van der Waals surface area contributed by atoms with Crippen LogP contribution in [0.3, 0.4) is 0 Å². The minimum Gasteiger partial charge on any atom is -0.378 e. The smallest absolute Gasteiger partial charge is 0.126 e. The normalized spacial score (nSPS) is 12.2. The summed E-state index contributed by atoms with van der Waals surface area (Å²) in [5, 5.41) is 3.24. The number of anilines is 1. The minimum absolute atomic E-state index is 0.165.